The van der Waals surface area contributed by atoms with Gasteiger partial charge in [-0.15, -0.1) is 0 Å². The summed E-state index contributed by atoms with van der Waals surface area (Å²) in [6.45, 7) is 2.28. The normalized spacial score (nSPS) is 18.1. The van der Waals surface area contributed by atoms with E-state index in [1.54, 1.807) is 12.4 Å². The van der Waals surface area contributed by atoms with Crippen LogP contribution in [-0.2, 0) is 0 Å². The van der Waals surface area contributed by atoms with Gasteiger partial charge in [0, 0.05) is 18.3 Å². The van der Waals surface area contributed by atoms with Crippen LogP contribution < -0.4 is 0 Å². The van der Waals surface area contributed by atoms with E-state index in [9.17, 15) is 0 Å². The first kappa shape index (κ1) is 11.3. The molecule has 0 amide bonds. The van der Waals surface area contributed by atoms with Gasteiger partial charge in [0.15, 0.2) is 0 Å². The fourth-order valence-corrected chi connectivity index (χ4v) is 2.41. The minimum absolute atomic E-state index is 0.538. The fourth-order valence-electron chi connectivity index (χ4n) is 2.41. The molecule has 0 unspecified atom stereocenters. The van der Waals surface area contributed by atoms with Crippen molar-refractivity contribution in [3.05, 3.63) is 30.4 Å². The Morgan fingerprint density at radius 1 is 1.28 bits per heavy atom. The molecule has 1 fully saturated rings. The number of nitrogens with one attached hydrogen (secondary N) is 1. The first-order valence-electron chi connectivity index (χ1n) is 6.33. The molecule has 1 aliphatic heterocycles. The number of hydrogen-bond acceptors (Lipinski definition) is 4. The summed E-state index contributed by atoms with van der Waals surface area (Å²) < 4.78 is 0. The van der Waals surface area contributed by atoms with E-state index in [2.05, 4.69) is 27.1 Å². The quantitative estimate of drug-likeness (QED) is 0.871. The van der Waals surface area contributed by atoms with Crippen molar-refractivity contribution in [3.63, 3.8) is 0 Å². The van der Waals surface area contributed by atoms with Gasteiger partial charge < -0.3 is 4.90 Å². The van der Waals surface area contributed by atoms with Crippen molar-refractivity contribution in [2.24, 2.45) is 0 Å². The molecule has 1 N–H and O–H groups in total. The maximum absolute atomic E-state index is 4.71. The van der Waals surface area contributed by atoms with Crippen LogP contribution in [0.2, 0.25) is 0 Å². The molecule has 0 aromatic carbocycles. The van der Waals surface area contributed by atoms with E-state index in [1.165, 1.54) is 0 Å². The number of H-pyrrole nitrogens is 1. The molecule has 5 heteroatoms. The van der Waals surface area contributed by atoms with Gasteiger partial charge in [0.1, 0.15) is 5.69 Å². The van der Waals surface area contributed by atoms with Crippen molar-refractivity contribution < 1.29 is 0 Å². The highest BCUT2D eigenvalue weighted by molar-refractivity contribution is 5.51. The van der Waals surface area contributed by atoms with E-state index in [0.29, 0.717) is 5.92 Å². The Labute approximate surface area is 106 Å². The van der Waals surface area contributed by atoms with Gasteiger partial charge in [-0.05, 0) is 39.0 Å². The first-order chi connectivity index (χ1) is 8.83. The summed E-state index contributed by atoms with van der Waals surface area (Å²) in [5, 5.41) is 6.88. The zero-order valence-electron chi connectivity index (χ0n) is 10.5. The summed E-state index contributed by atoms with van der Waals surface area (Å²) in [4.78, 5) is 11.4. The summed E-state index contributed by atoms with van der Waals surface area (Å²) >= 11 is 0. The Hall–Kier alpha value is -1.75. The Balaban J connectivity index is 1.83. The van der Waals surface area contributed by atoms with Crippen LogP contribution >= 0.6 is 0 Å². The third-order valence-electron chi connectivity index (χ3n) is 3.57. The van der Waals surface area contributed by atoms with Crippen LogP contribution in [0.15, 0.2) is 24.7 Å². The average molecular weight is 243 g/mol. The van der Waals surface area contributed by atoms with E-state index in [-0.39, 0.29) is 0 Å². The second kappa shape index (κ2) is 4.86. The van der Waals surface area contributed by atoms with Crippen molar-refractivity contribution in [2.75, 3.05) is 20.1 Å². The maximum atomic E-state index is 4.71. The molecule has 0 saturated carbocycles. The lowest BCUT2D eigenvalue weighted by Crippen LogP contribution is -2.29. The highest BCUT2D eigenvalue weighted by Gasteiger charge is 2.20. The van der Waals surface area contributed by atoms with Gasteiger partial charge in [0.25, 0.3) is 0 Å². The summed E-state index contributed by atoms with van der Waals surface area (Å²) in [7, 11) is 2.17. The zero-order chi connectivity index (χ0) is 12.4. The summed E-state index contributed by atoms with van der Waals surface area (Å²) in [6, 6.07) is 1.92. The number of hydrogen-bond donors (Lipinski definition) is 1. The second-order valence-electron chi connectivity index (χ2n) is 4.88. The minimum Gasteiger partial charge on any atom is -0.306 e. The molecule has 3 heterocycles. The Bertz CT molecular complexity index is 500. The summed E-state index contributed by atoms with van der Waals surface area (Å²) in [5.41, 5.74) is 2.91. The highest BCUT2D eigenvalue weighted by Crippen LogP contribution is 2.26. The van der Waals surface area contributed by atoms with Crippen LogP contribution in [0.1, 0.15) is 24.5 Å². The van der Waals surface area contributed by atoms with Gasteiger partial charge in [0.2, 0.25) is 0 Å². The van der Waals surface area contributed by atoms with Crippen LogP contribution in [0.4, 0.5) is 0 Å². The second-order valence-corrected chi connectivity index (χ2v) is 4.88. The molecule has 0 aliphatic carbocycles. The van der Waals surface area contributed by atoms with E-state index in [4.69, 9.17) is 4.98 Å². The van der Waals surface area contributed by atoms with Gasteiger partial charge in [-0.2, -0.15) is 5.10 Å². The van der Waals surface area contributed by atoms with Crippen molar-refractivity contribution in [3.8, 4) is 11.4 Å². The molecular formula is C13H17N5. The van der Waals surface area contributed by atoms with E-state index in [0.717, 1.165) is 43.0 Å². The lowest BCUT2D eigenvalue weighted by molar-refractivity contribution is 0.253. The first-order valence-corrected chi connectivity index (χ1v) is 6.33. The largest absolute Gasteiger partial charge is 0.306 e. The number of likely N-dealkylation sites (tertiary alicyclic amines) is 1. The molecule has 0 atom stereocenters. The topological polar surface area (TPSA) is 57.7 Å². The standard InChI is InChI=1S/C13H17N5/c1-18-6-3-10(4-7-18)12-8-14-9-13(16-12)11-2-5-15-17-11/h2,5,8-10H,3-4,6-7H2,1H3,(H,15,17). The number of piperidine rings is 1. The highest BCUT2D eigenvalue weighted by atomic mass is 15.1. The van der Waals surface area contributed by atoms with Crippen molar-refractivity contribution in [2.45, 2.75) is 18.8 Å². The molecule has 1 saturated heterocycles. The lowest BCUT2D eigenvalue weighted by Gasteiger charge is -2.28. The third-order valence-corrected chi connectivity index (χ3v) is 3.57. The van der Waals surface area contributed by atoms with E-state index >= 15 is 0 Å². The van der Waals surface area contributed by atoms with Gasteiger partial charge in [-0.25, -0.2) is 4.98 Å². The van der Waals surface area contributed by atoms with Gasteiger partial charge >= 0.3 is 0 Å². The minimum atomic E-state index is 0.538. The average Bonchev–Trinajstić information content (AvgIpc) is 2.94. The van der Waals surface area contributed by atoms with Crippen molar-refractivity contribution in [1.82, 2.24) is 25.1 Å². The molecule has 2 aromatic heterocycles. The van der Waals surface area contributed by atoms with Crippen molar-refractivity contribution >= 4 is 0 Å². The predicted octanol–water partition coefficient (Wildman–Crippen LogP) is 1.68. The smallest absolute Gasteiger partial charge is 0.107 e. The Kier molecular flexibility index (Phi) is 3.06. The molecule has 0 radical (unpaired) electrons. The zero-order valence-corrected chi connectivity index (χ0v) is 10.5. The summed E-state index contributed by atoms with van der Waals surface area (Å²) in [6.07, 6.45) is 7.75. The molecule has 1 aliphatic rings. The third kappa shape index (κ3) is 2.26. The SMILES string of the molecule is CN1CCC(c2cncc(-c3ccn[nH]3)n2)CC1. The van der Waals surface area contributed by atoms with Crippen LogP contribution in [-0.4, -0.2) is 45.2 Å². The molecule has 2 aromatic rings. The van der Waals surface area contributed by atoms with Crippen LogP contribution in [0.5, 0.6) is 0 Å². The van der Waals surface area contributed by atoms with Crippen molar-refractivity contribution in [1.29, 1.82) is 0 Å². The van der Waals surface area contributed by atoms with E-state index < -0.39 is 0 Å². The Morgan fingerprint density at radius 3 is 2.83 bits per heavy atom. The van der Waals surface area contributed by atoms with Gasteiger partial charge in [0.05, 0.1) is 17.6 Å². The van der Waals surface area contributed by atoms with Gasteiger partial charge in [-0.3, -0.25) is 10.1 Å². The predicted molar refractivity (Wildman–Crippen MR) is 69.1 cm³/mol. The van der Waals surface area contributed by atoms with Crippen LogP contribution in [0.3, 0.4) is 0 Å². The van der Waals surface area contributed by atoms with E-state index in [1.807, 2.05) is 12.3 Å². The van der Waals surface area contributed by atoms with Gasteiger partial charge in [-0.1, -0.05) is 0 Å². The maximum Gasteiger partial charge on any atom is 0.107 e. The Morgan fingerprint density at radius 2 is 2.11 bits per heavy atom. The molecule has 5 nitrogen and oxygen atoms in total. The number of rotatable bonds is 2. The fraction of sp³-hybridized carbons (Fsp3) is 0.462. The molecule has 94 valence electrons. The van der Waals surface area contributed by atoms with Crippen LogP contribution in [0, 0.1) is 0 Å². The summed E-state index contributed by atoms with van der Waals surface area (Å²) in [5.74, 6) is 0.538. The number of nitrogens with zero attached hydrogens (tertiary/aromatic N) is 4. The molecule has 0 bridgehead atoms. The molecule has 3 rings (SSSR count). The number of aromatic nitrogens is 4. The molecular weight excluding hydrogens is 226 g/mol. The van der Waals surface area contributed by atoms with Crippen LogP contribution in [0.25, 0.3) is 11.4 Å². The lowest BCUT2D eigenvalue weighted by atomic mass is 9.94. The number of aromatic amines is 1. The molecule has 18 heavy (non-hydrogen) atoms. The molecule has 0 spiro atoms. The monoisotopic (exact) mass is 243 g/mol.